The number of nitrogens with zero attached hydrogens (tertiary/aromatic N) is 3. The SMILES string of the molecule is CC(C)CNc1cncc(C(=O)N2CCN(C)CC2)c1. The number of nitrogens with one attached hydrogen (secondary N) is 1. The molecule has 1 aromatic heterocycles. The summed E-state index contributed by atoms with van der Waals surface area (Å²) in [5.74, 6) is 0.644. The van der Waals surface area contributed by atoms with Crippen LogP contribution in [0.2, 0.25) is 0 Å². The van der Waals surface area contributed by atoms with Gasteiger partial charge >= 0.3 is 0 Å². The second kappa shape index (κ2) is 6.70. The third-order valence-electron chi connectivity index (χ3n) is 3.49. The number of hydrogen-bond donors (Lipinski definition) is 1. The lowest BCUT2D eigenvalue weighted by atomic mass is 10.2. The van der Waals surface area contributed by atoms with Gasteiger partial charge in [-0.2, -0.15) is 0 Å². The Labute approximate surface area is 121 Å². The Morgan fingerprint density at radius 1 is 1.30 bits per heavy atom. The summed E-state index contributed by atoms with van der Waals surface area (Å²) in [6.45, 7) is 8.64. The van der Waals surface area contributed by atoms with Crippen LogP contribution in [0, 0.1) is 5.92 Å². The van der Waals surface area contributed by atoms with Crippen molar-refractivity contribution in [3.8, 4) is 0 Å². The van der Waals surface area contributed by atoms with E-state index >= 15 is 0 Å². The number of carbonyl (C=O) groups excluding carboxylic acids is 1. The zero-order valence-electron chi connectivity index (χ0n) is 12.6. The van der Waals surface area contributed by atoms with Crippen molar-refractivity contribution in [2.24, 2.45) is 5.92 Å². The first kappa shape index (κ1) is 14.8. The van der Waals surface area contributed by atoms with Gasteiger partial charge < -0.3 is 15.1 Å². The number of piperazine rings is 1. The predicted molar refractivity (Wildman–Crippen MR) is 81.0 cm³/mol. The van der Waals surface area contributed by atoms with E-state index in [2.05, 4.69) is 36.1 Å². The van der Waals surface area contributed by atoms with E-state index in [4.69, 9.17) is 0 Å². The van der Waals surface area contributed by atoms with E-state index in [1.807, 2.05) is 11.0 Å². The van der Waals surface area contributed by atoms with Gasteiger partial charge in [0, 0.05) is 45.1 Å². The van der Waals surface area contributed by atoms with Gasteiger partial charge in [-0.3, -0.25) is 9.78 Å². The fourth-order valence-corrected chi connectivity index (χ4v) is 2.17. The van der Waals surface area contributed by atoms with E-state index in [0.29, 0.717) is 11.5 Å². The van der Waals surface area contributed by atoms with Gasteiger partial charge in [-0.1, -0.05) is 13.8 Å². The molecular formula is C15H24N4O. The van der Waals surface area contributed by atoms with E-state index in [1.165, 1.54) is 0 Å². The van der Waals surface area contributed by atoms with Crippen LogP contribution in [0.3, 0.4) is 0 Å². The van der Waals surface area contributed by atoms with E-state index in [-0.39, 0.29) is 5.91 Å². The Hall–Kier alpha value is -1.62. The minimum Gasteiger partial charge on any atom is -0.384 e. The summed E-state index contributed by atoms with van der Waals surface area (Å²) in [5.41, 5.74) is 1.59. The molecule has 1 aliphatic heterocycles. The second-order valence-electron chi connectivity index (χ2n) is 5.83. The zero-order valence-corrected chi connectivity index (χ0v) is 12.6. The molecule has 1 fully saturated rings. The quantitative estimate of drug-likeness (QED) is 0.906. The Morgan fingerprint density at radius 3 is 2.65 bits per heavy atom. The van der Waals surface area contributed by atoms with Gasteiger partial charge in [0.1, 0.15) is 0 Å². The minimum absolute atomic E-state index is 0.0822. The fourth-order valence-electron chi connectivity index (χ4n) is 2.17. The summed E-state index contributed by atoms with van der Waals surface area (Å²) in [7, 11) is 2.08. The third-order valence-corrected chi connectivity index (χ3v) is 3.49. The molecule has 110 valence electrons. The smallest absolute Gasteiger partial charge is 0.255 e. The minimum atomic E-state index is 0.0822. The molecular weight excluding hydrogens is 252 g/mol. The number of carbonyl (C=O) groups is 1. The van der Waals surface area contributed by atoms with Crippen LogP contribution in [0.5, 0.6) is 0 Å². The summed E-state index contributed by atoms with van der Waals surface area (Å²) in [6.07, 6.45) is 3.42. The molecule has 0 aromatic carbocycles. The lowest BCUT2D eigenvalue weighted by Gasteiger charge is -2.32. The van der Waals surface area contributed by atoms with Crippen LogP contribution in [-0.4, -0.2) is 60.5 Å². The molecule has 0 radical (unpaired) electrons. The van der Waals surface area contributed by atoms with Crippen LogP contribution in [0.4, 0.5) is 5.69 Å². The van der Waals surface area contributed by atoms with E-state index in [1.54, 1.807) is 12.4 Å². The van der Waals surface area contributed by atoms with Crippen LogP contribution in [-0.2, 0) is 0 Å². The average molecular weight is 276 g/mol. The number of rotatable bonds is 4. The number of likely N-dealkylation sites (N-methyl/N-ethyl adjacent to an activating group) is 1. The monoisotopic (exact) mass is 276 g/mol. The molecule has 1 aromatic rings. The Balaban J connectivity index is 2.00. The lowest BCUT2D eigenvalue weighted by Crippen LogP contribution is -2.47. The van der Waals surface area contributed by atoms with Crippen molar-refractivity contribution in [3.05, 3.63) is 24.0 Å². The topological polar surface area (TPSA) is 48.5 Å². The van der Waals surface area contributed by atoms with Crippen molar-refractivity contribution in [1.29, 1.82) is 0 Å². The van der Waals surface area contributed by atoms with Crippen LogP contribution < -0.4 is 5.32 Å². The number of pyridine rings is 1. The third kappa shape index (κ3) is 3.93. The molecule has 5 nitrogen and oxygen atoms in total. The van der Waals surface area contributed by atoms with E-state index in [0.717, 1.165) is 38.4 Å². The highest BCUT2D eigenvalue weighted by Gasteiger charge is 2.20. The first-order chi connectivity index (χ1) is 9.56. The highest BCUT2D eigenvalue weighted by atomic mass is 16.2. The second-order valence-corrected chi connectivity index (χ2v) is 5.83. The number of aromatic nitrogens is 1. The number of anilines is 1. The molecule has 0 unspecified atom stereocenters. The molecule has 5 heteroatoms. The van der Waals surface area contributed by atoms with Crippen molar-refractivity contribution in [2.45, 2.75) is 13.8 Å². The first-order valence-corrected chi connectivity index (χ1v) is 7.23. The van der Waals surface area contributed by atoms with Gasteiger partial charge in [0.2, 0.25) is 0 Å². The largest absolute Gasteiger partial charge is 0.384 e. The number of amides is 1. The maximum Gasteiger partial charge on any atom is 0.255 e. The fraction of sp³-hybridized carbons (Fsp3) is 0.600. The standard InChI is InChI=1S/C15H24N4O/c1-12(2)9-17-14-8-13(10-16-11-14)15(20)19-6-4-18(3)5-7-19/h8,10-12,17H,4-7,9H2,1-3H3. The average Bonchev–Trinajstić information content (AvgIpc) is 2.45. The molecule has 1 N–H and O–H groups in total. The maximum absolute atomic E-state index is 12.4. The van der Waals surface area contributed by atoms with Gasteiger partial charge in [-0.25, -0.2) is 0 Å². The first-order valence-electron chi connectivity index (χ1n) is 7.23. The Kier molecular flexibility index (Phi) is 4.95. The van der Waals surface area contributed by atoms with Crippen molar-refractivity contribution in [1.82, 2.24) is 14.8 Å². The van der Waals surface area contributed by atoms with Crippen molar-refractivity contribution in [3.63, 3.8) is 0 Å². The maximum atomic E-state index is 12.4. The molecule has 2 heterocycles. The molecule has 1 amide bonds. The highest BCUT2D eigenvalue weighted by Crippen LogP contribution is 2.12. The van der Waals surface area contributed by atoms with Gasteiger partial charge in [-0.15, -0.1) is 0 Å². The molecule has 0 bridgehead atoms. The van der Waals surface area contributed by atoms with Crippen LogP contribution in [0.25, 0.3) is 0 Å². The van der Waals surface area contributed by atoms with Gasteiger partial charge in [0.25, 0.3) is 5.91 Å². The van der Waals surface area contributed by atoms with Crippen molar-refractivity contribution >= 4 is 11.6 Å². The van der Waals surface area contributed by atoms with Crippen LogP contribution >= 0.6 is 0 Å². The Morgan fingerprint density at radius 2 is 2.00 bits per heavy atom. The van der Waals surface area contributed by atoms with Crippen LogP contribution in [0.15, 0.2) is 18.5 Å². The van der Waals surface area contributed by atoms with Crippen molar-refractivity contribution < 1.29 is 4.79 Å². The van der Waals surface area contributed by atoms with Gasteiger partial charge in [-0.05, 0) is 19.0 Å². The van der Waals surface area contributed by atoms with Gasteiger partial charge in [0.05, 0.1) is 11.3 Å². The lowest BCUT2D eigenvalue weighted by molar-refractivity contribution is 0.0663. The molecule has 2 rings (SSSR count). The summed E-state index contributed by atoms with van der Waals surface area (Å²) in [5, 5.41) is 3.31. The molecule has 20 heavy (non-hydrogen) atoms. The molecule has 0 atom stereocenters. The summed E-state index contributed by atoms with van der Waals surface area (Å²) >= 11 is 0. The van der Waals surface area contributed by atoms with Gasteiger partial charge in [0.15, 0.2) is 0 Å². The normalized spacial score (nSPS) is 16.5. The highest BCUT2D eigenvalue weighted by molar-refractivity contribution is 5.94. The molecule has 1 saturated heterocycles. The summed E-state index contributed by atoms with van der Waals surface area (Å²) < 4.78 is 0. The van der Waals surface area contributed by atoms with E-state index in [9.17, 15) is 4.79 Å². The Bertz CT molecular complexity index is 453. The predicted octanol–water partition coefficient (Wildman–Crippen LogP) is 1.54. The molecule has 1 aliphatic rings. The molecule has 0 saturated carbocycles. The molecule has 0 spiro atoms. The van der Waals surface area contributed by atoms with E-state index < -0.39 is 0 Å². The zero-order chi connectivity index (χ0) is 14.5. The van der Waals surface area contributed by atoms with Crippen LogP contribution in [0.1, 0.15) is 24.2 Å². The van der Waals surface area contributed by atoms with Crippen molar-refractivity contribution in [2.75, 3.05) is 45.1 Å². The summed E-state index contributed by atoms with van der Waals surface area (Å²) in [4.78, 5) is 20.8. The summed E-state index contributed by atoms with van der Waals surface area (Å²) in [6, 6.07) is 1.90. The number of hydrogen-bond acceptors (Lipinski definition) is 4. The molecule has 0 aliphatic carbocycles.